The third-order valence-corrected chi connectivity index (χ3v) is 6.56. The van der Waals surface area contributed by atoms with Gasteiger partial charge in [-0.3, -0.25) is 19.5 Å². The first kappa shape index (κ1) is 27.3. The van der Waals surface area contributed by atoms with E-state index in [1.54, 1.807) is 6.92 Å². The normalized spacial score (nSPS) is 14.8. The molecule has 1 saturated heterocycles. The fourth-order valence-corrected chi connectivity index (χ4v) is 4.69. The lowest BCUT2D eigenvalue weighted by atomic mass is 10.0. The Kier molecular flexibility index (Phi) is 8.16. The number of amides is 2. The molecule has 1 aliphatic heterocycles. The van der Waals surface area contributed by atoms with E-state index in [9.17, 15) is 31.5 Å². The molecule has 202 valence electrons. The molecule has 0 aliphatic carbocycles. The van der Waals surface area contributed by atoms with Crippen LogP contribution in [-0.2, 0) is 0 Å². The minimum Gasteiger partial charge on any atom is -0.348 e. The van der Waals surface area contributed by atoms with Crippen LogP contribution in [0.3, 0.4) is 0 Å². The molecular formula is C23H22F5N7O2S. The number of aryl methyl sites for hydroxylation is 1. The van der Waals surface area contributed by atoms with Gasteiger partial charge in [-0.2, -0.15) is 17.5 Å². The highest BCUT2D eigenvalue weighted by atomic mass is 32.1. The number of nitrogens with zero attached hydrogens (tertiary/aromatic N) is 4. The van der Waals surface area contributed by atoms with Crippen molar-refractivity contribution in [2.24, 2.45) is 0 Å². The zero-order chi connectivity index (χ0) is 27.4. The highest BCUT2D eigenvalue weighted by Gasteiger charge is 2.33. The Morgan fingerprint density at radius 1 is 1.11 bits per heavy atom. The molecule has 38 heavy (non-hydrogen) atoms. The number of anilines is 3. The van der Waals surface area contributed by atoms with Crippen LogP contribution in [0.25, 0.3) is 0 Å². The molecule has 1 aromatic carbocycles. The number of nitrogens with one attached hydrogen (secondary N) is 3. The van der Waals surface area contributed by atoms with Gasteiger partial charge in [0.05, 0.1) is 30.2 Å². The van der Waals surface area contributed by atoms with Crippen LogP contribution >= 0.6 is 11.5 Å². The summed E-state index contributed by atoms with van der Waals surface area (Å²) in [7, 11) is 0. The third-order valence-electron chi connectivity index (χ3n) is 5.70. The lowest BCUT2D eigenvalue weighted by molar-refractivity contribution is -0.148. The molecule has 3 N–H and O–H groups in total. The van der Waals surface area contributed by atoms with Gasteiger partial charge in [-0.1, -0.05) is 0 Å². The summed E-state index contributed by atoms with van der Waals surface area (Å²) in [6.45, 7) is 1.03. The predicted molar refractivity (Wildman–Crippen MR) is 129 cm³/mol. The van der Waals surface area contributed by atoms with Gasteiger partial charge in [0.25, 0.3) is 11.8 Å². The molecule has 4 rings (SSSR count). The summed E-state index contributed by atoms with van der Waals surface area (Å²) in [5.41, 5.74) is 0.535. The van der Waals surface area contributed by atoms with Gasteiger partial charge >= 0.3 is 6.18 Å². The molecule has 0 saturated carbocycles. The highest BCUT2D eigenvalue weighted by molar-refractivity contribution is 7.10. The number of halogens is 5. The fourth-order valence-electron chi connectivity index (χ4n) is 3.89. The van der Waals surface area contributed by atoms with Crippen molar-refractivity contribution in [3.05, 3.63) is 59.2 Å². The molecule has 1 fully saturated rings. The second-order valence-corrected chi connectivity index (χ2v) is 9.38. The number of likely N-dealkylation sites (tertiary alicyclic amines) is 1. The molecule has 3 aromatic rings. The Bertz CT molecular complexity index is 1330. The average Bonchev–Trinajstić information content (AvgIpc) is 3.21. The molecule has 0 radical (unpaired) electrons. The average molecular weight is 556 g/mol. The van der Waals surface area contributed by atoms with Crippen molar-refractivity contribution in [3.63, 3.8) is 0 Å². The van der Waals surface area contributed by atoms with Crippen molar-refractivity contribution in [1.29, 1.82) is 0 Å². The maximum Gasteiger partial charge on any atom is 0.401 e. The molecule has 15 heteroatoms. The number of piperidine rings is 1. The van der Waals surface area contributed by atoms with Crippen LogP contribution in [0.2, 0.25) is 0 Å². The Hall–Kier alpha value is -3.72. The molecule has 1 aliphatic rings. The second kappa shape index (κ2) is 11.3. The fraction of sp³-hybridized carbons (Fsp3) is 0.348. The van der Waals surface area contributed by atoms with Crippen LogP contribution in [-0.4, -0.2) is 62.9 Å². The third kappa shape index (κ3) is 6.98. The van der Waals surface area contributed by atoms with E-state index in [0.29, 0.717) is 18.5 Å². The quantitative estimate of drug-likeness (QED) is 0.374. The molecule has 9 nitrogen and oxygen atoms in total. The first-order valence-corrected chi connectivity index (χ1v) is 12.2. The molecule has 2 aromatic heterocycles. The zero-order valence-corrected chi connectivity index (χ0v) is 20.7. The standard InChI is InChI=1S/C23H22F5N7O2S/c1-12-19(21(37)31-14-2-3-15(24)16(25)8-14)22(38-34-12)33-18-10-29-9-17(32-18)20(36)30-13-4-6-35(7-5-13)11-23(26,27)28/h2-3,8-10,13H,4-7,11H2,1H3,(H,30,36)(H,31,37)(H,32,33). The first-order valence-electron chi connectivity index (χ1n) is 11.4. The Morgan fingerprint density at radius 3 is 2.53 bits per heavy atom. The lowest BCUT2D eigenvalue weighted by Crippen LogP contribution is -2.47. The van der Waals surface area contributed by atoms with E-state index in [-0.39, 0.29) is 46.9 Å². The van der Waals surface area contributed by atoms with Gasteiger partial charge in [-0.05, 0) is 43.4 Å². The van der Waals surface area contributed by atoms with Gasteiger partial charge in [-0.15, -0.1) is 0 Å². The number of carbonyl (C=O) groups excluding carboxylic acids is 2. The lowest BCUT2D eigenvalue weighted by Gasteiger charge is -2.32. The van der Waals surface area contributed by atoms with Crippen LogP contribution in [0, 0.1) is 18.6 Å². The van der Waals surface area contributed by atoms with Crippen molar-refractivity contribution in [1.82, 2.24) is 24.6 Å². The summed E-state index contributed by atoms with van der Waals surface area (Å²) in [5.74, 6) is -3.18. The van der Waals surface area contributed by atoms with Crippen LogP contribution < -0.4 is 16.0 Å². The summed E-state index contributed by atoms with van der Waals surface area (Å²) >= 11 is 0.953. The van der Waals surface area contributed by atoms with Gasteiger partial charge < -0.3 is 16.0 Å². The number of carbonyl (C=O) groups is 2. The second-order valence-electron chi connectivity index (χ2n) is 8.61. The summed E-state index contributed by atoms with van der Waals surface area (Å²) in [6, 6.07) is 2.65. The van der Waals surface area contributed by atoms with Crippen molar-refractivity contribution >= 4 is 39.9 Å². The number of hydrogen-bond acceptors (Lipinski definition) is 8. The SMILES string of the molecule is Cc1nsc(Nc2cncc(C(=O)NC3CCN(CC(F)(F)F)CC3)n2)c1C(=O)Nc1ccc(F)c(F)c1. The van der Waals surface area contributed by atoms with Crippen LogP contribution in [0.15, 0.2) is 30.6 Å². The van der Waals surface area contributed by atoms with E-state index in [2.05, 4.69) is 30.3 Å². The zero-order valence-electron chi connectivity index (χ0n) is 19.9. The highest BCUT2D eigenvalue weighted by Crippen LogP contribution is 2.28. The predicted octanol–water partition coefficient (Wildman–Crippen LogP) is 4.27. The summed E-state index contributed by atoms with van der Waals surface area (Å²) in [5, 5.41) is 8.44. The molecular weight excluding hydrogens is 533 g/mol. The number of aromatic nitrogens is 3. The Morgan fingerprint density at radius 2 is 1.84 bits per heavy atom. The number of hydrogen-bond donors (Lipinski definition) is 3. The van der Waals surface area contributed by atoms with Gasteiger partial charge in [0.15, 0.2) is 11.6 Å². The van der Waals surface area contributed by atoms with E-state index < -0.39 is 36.2 Å². The van der Waals surface area contributed by atoms with Crippen molar-refractivity contribution in [3.8, 4) is 0 Å². The minimum atomic E-state index is -4.27. The van der Waals surface area contributed by atoms with Crippen LogP contribution in [0.1, 0.15) is 39.4 Å². The van der Waals surface area contributed by atoms with E-state index in [4.69, 9.17) is 0 Å². The molecule has 3 heterocycles. The summed E-state index contributed by atoms with van der Waals surface area (Å²) < 4.78 is 68.6. The van der Waals surface area contributed by atoms with Gasteiger partial charge in [0, 0.05) is 30.9 Å². The van der Waals surface area contributed by atoms with E-state index in [0.717, 1.165) is 23.7 Å². The first-order chi connectivity index (χ1) is 18.0. The minimum absolute atomic E-state index is 0.0262. The maximum absolute atomic E-state index is 13.5. The summed E-state index contributed by atoms with van der Waals surface area (Å²) in [4.78, 5) is 35.0. The van der Waals surface area contributed by atoms with Gasteiger partial charge in [0.2, 0.25) is 0 Å². The van der Waals surface area contributed by atoms with Gasteiger partial charge in [-0.25, -0.2) is 13.8 Å². The van der Waals surface area contributed by atoms with Crippen molar-refractivity contribution < 1.29 is 31.5 Å². The number of rotatable bonds is 7. The maximum atomic E-state index is 13.5. The topological polar surface area (TPSA) is 112 Å². The summed E-state index contributed by atoms with van der Waals surface area (Å²) in [6.07, 6.45) is -0.963. The van der Waals surface area contributed by atoms with Crippen molar-refractivity contribution in [2.45, 2.75) is 32.0 Å². The largest absolute Gasteiger partial charge is 0.401 e. The van der Waals surface area contributed by atoms with Crippen LogP contribution in [0.5, 0.6) is 0 Å². The van der Waals surface area contributed by atoms with Gasteiger partial charge in [0.1, 0.15) is 16.5 Å². The molecule has 0 bridgehead atoms. The monoisotopic (exact) mass is 555 g/mol. The Labute approximate surface area is 217 Å². The Balaban J connectivity index is 1.39. The molecule has 0 spiro atoms. The smallest absolute Gasteiger partial charge is 0.348 e. The van der Waals surface area contributed by atoms with Crippen molar-refractivity contribution in [2.75, 3.05) is 30.3 Å². The molecule has 2 amide bonds. The number of alkyl halides is 3. The van der Waals surface area contributed by atoms with E-state index >= 15 is 0 Å². The van der Waals surface area contributed by atoms with E-state index in [1.807, 2.05) is 0 Å². The molecule has 0 unspecified atom stereocenters. The van der Waals surface area contributed by atoms with E-state index in [1.165, 1.54) is 23.4 Å². The van der Waals surface area contributed by atoms with Crippen LogP contribution in [0.4, 0.5) is 38.5 Å². The molecule has 0 atom stereocenters. The number of benzene rings is 1.